The molecule has 0 radical (unpaired) electrons. The van der Waals surface area contributed by atoms with Crippen LogP contribution in [0.3, 0.4) is 0 Å². The minimum Gasteiger partial charge on any atom is -0.463 e. The van der Waals surface area contributed by atoms with Gasteiger partial charge in [-0.25, -0.2) is 4.79 Å². The van der Waals surface area contributed by atoms with Crippen LogP contribution < -0.4 is 0 Å². The zero-order chi connectivity index (χ0) is 20.9. The molecule has 2 nitrogen and oxygen atoms in total. The van der Waals surface area contributed by atoms with Gasteiger partial charge in [0.25, 0.3) is 0 Å². The van der Waals surface area contributed by atoms with E-state index in [1.807, 2.05) is 13.8 Å². The number of ether oxygens (including phenoxy) is 1. The maximum atomic E-state index is 11.6. The Morgan fingerprint density at radius 1 is 1.00 bits per heavy atom. The van der Waals surface area contributed by atoms with Crippen molar-refractivity contribution in [2.75, 3.05) is 6.61 Å². The van der Waals surface area contributed by atoms with Crippen molar-refractivity contribution >= 4 is 5.97 Å². The highest BCUT2D eigenvalue weighted by atomic mass is 16.5. The highest BCUT2D eigenvalue weighted by molar-refractivity contribution is 5.83. The van der Waals surface area contributed by atoms with Gasteiger partial charge in [-0.3, -0.25) is 0 Å². The summed E-state index contributed by atoms with van der Waals surface area (Å²) in [5.74, 6) is 3.29. The summed E-state index contributed by atoms with van der Waals surface area (Å²) in [6.07, 6.45) is 16.0. The van der Waals surface area contributed by atoms with E-state index in [9.17, 15) is 4.79 Å². The van der Waals surface area contributed by atoms with E-state index in [2.05, 4.69) is 43.3 Å². The summed E-state index contributed by atoms with van der Waals surface area (Å²) in [6, 6.07) is 9.78. The van der Waals surface area contributed by atoms with Crippen molar-refractivity contribution in [2.45, 2.75) is 76.5 Å². The standard InChI is InChI=1S/C28H36O2/c1-4-30-26(29)11-19(2)5-6-25-18-27(25,3)23-7-9-24(10-8-23)28-15-20-12-21(16-28)14-22(13-20)17-28/h5-11,20-22,25H,4,12-18H2,1-3H3/b6-5+,19-11+. The Balaban J connectivity index is 1.26. The third kappa shape index (κ3) is 3.57. The molecule has 0 saturated heterocycles. The van der Waals surface area contributed by atoms with Gasteiger partial charge >= 0.3 is 5.97 Å². The van der Waals surface area contributed by atoms with Gasteiger partial charge in [-0.1, -0.05) is 43.3 Å². The Hall–Kier alpha value is -1.83. The summed E-state index contributed by atoms with van der Waals surface area (Å²) in [7, 11) is 0. The van der Waals surface area contributed by atoms with Crippen LogP contribution in [0.2, 0.25) is 0 Å². The van der Waals surface area contributed by atoms with Gasteiger partial charge in [0, 0.05) is 6.08 Å². The molecule has 2 unspecified atom stereocenters. The Labute approximate surface area is 181 Å². The maximum absolute atomic E-state index is 11.6. The second-order valence-corrected chi connectivity index (χ2v) is 11.0. The second kappa shape index (κ2) is 7.39. The fourth-order valence-corrected chi connectivity index (χ4v) is 7.36. The zero-order valence-corrected chi connectivity index (χ0v) is 18.8. The highest BCUT2D eigenvalue weighted by Crippen LogP contribution is 2.61. The highest BCUT2D eigenvalue weighted by Gasteiger charge is 2.52. The molecular formula is C28H36O2. The molecule has 0 aliphatic heterocycles. The normalized spacial score (nSPS) is 39.5. The summed E-state index contributed by atoms with van der Waals surface area (Å²) >= 11 is 0. The van der Waals surface area contributed by atoms with Crippen molar-refractivity contribution in [1.29, 1.82) is 0 Å². The van der Waals surface area contributed by atoms with Gasteiger partial charge in [0.15, 0.2) is 0 Å². The summed E-state index contributed by atoms with van der Waals surface area (Å²) < 4.78 is 4.99. The fraction of sp³-hybridized carbons (Fsp3) is 0.607. The van der Waals surface area contributed by atoms with Crippen LogP contribution >= 0.6 is 0 Å². The maximum Gasteiger partial charge on any atom is 0.330 e. The van der Waals surface area contributed by atoms with Crippen LogP contribution in [0.5, 0.6) is 0 Å². The lowest BCUT2D eigenvalue weighted by atomic mass is 9.48. The van der Waals surface area contributed by atoms with Crippen molar-refractivity contribution in [3.8, 4) is 0 Å². The van der Waals surface area contributed by atoms with Crippen LogP contribution in [0, 0.1) is 23.7 Å². The first kappa shape index (κ1) is 20.1. The molecule has 5 saturated carbocycles. The molecule has 0 heterocycles. The topological polar surface area (TPSA) is 26.3 Å². The van der Waals surface area contributed by atoms with Crippen molar-refractivity contribution in [3.63, 3.8) is 0 Å². The second-order valence-electron chi connectivity index (χ2n) is 11.0. The molecule has 30 heavy (non-hydrogen) atoms. The Bertz CT molecular complexity index is 839. The number of rotatable bonds is 6. The van der Waals surface area contributed by atoms with Crippen molar-refractivity contribution in [3.05, 3.63) is 59.2 Å². The van der Waals surface area contributed by atoms with Gasteiger partial charge in [-0.15, -0.1) is 0 Å². The third-order valence-electron chi connectivity index (χ3n) is 8.72. The van der Waals surface area contributed by atoms with Crippen LogP contribution in [0.15, 0.2) is 48.1 Å². The molecule has 1 aromatic carbocycles. The van der Waals surface area contributed by atoms with E-state index in [0.29, 0.717) is 17.9 Å². The number of benzene rings is 1. The average Bonchev–Trinajstić information content (AvgIpc) is 3.37. The molecule has 5 aliphatic carbocycles. The van der Waals surface area contributed by atoms with Crippen molar-refractivity contribution in [1.82, 2.24) is 0 Å². The Morgan fingerprint density at radius 2 is 1.57 bits per heavy atom. The molecule has 0 spiro atoms. The van der Waals surface area contributed by atoms with E-state index in [4.69, 9.17) is 4.74 Å². The number of esters is 1. The van der Waals surface area contributed by atoms with Crippen LogP contribution in [0.25, 0.3) is 0 Å². The predicted octanol–water partition coefficient (Wildman–Crippen LogP) is 6.50. The first-order chi connectivity index (χ1) is 14.4. The Kier molecular flexibility index (Phi) is 4.95. The lowest BCUT2D eigenvalue weighted by Gasteiger charge is -2.57. The predicted molar refractivity (Wildman–Crippen MR) is 121 cm³/mol. The largest absolute Gasteiger partial charge is 0.463 e. The van der Waals surface area contributed by atoms with Gasteiger partial charge in [0.1, 0.15) is 0 Å². The SMILES string of the molecule is CCOC(=O)/C=C(C)/C=C/C1CC1(C)c1ccc(C23CC4CC(CC(C4)C2)C3)cc1. The summed E-state index contributed by atoms with van der Waals surface area (Å²) in [6.45, 7) is 6.60. The molecule has 4 bridgehead atoms. The zero-order valence-electron chi connectivity index (χ0n) is 18.8. The van der Waals surface area contributed by atoms with Gasteiger partial charge in [0.2, 0.25) is 0 Å². The average molecular weight is 405 g/mol. The van der Waals surface area contributed by atoms with Crippen LogP contribution in [0.4, 0.5) is 0 Å². The van der Waals surface area contributed by atoms with E-state index in [1.54, 1.807) is 11.6 Å². The van der Waals surface area contributed by atoms with Gasteiger partial charge in [-0.05, 0) is 110 Å². The molecule has 0 amide bonds. The molecule has 0 N–H and O–H groups in total. The van der Waals surface area contributed by atoms with E-state index < -0.39 is 0 Å². The van der Waals surface area contributed by atoms with Crippen LogP contribution in [-0.4, -0.2) is 12.6 Å². The lowest BCUT2D eigenvalue weighted by Crippen LogP contribution is -2.48. The van der Waals surface area contributed by atoms with E-state index in [1.165, 1.54) is 50.5 Å². The minimum absolute atomic E-state index is 0.237. The summed E-state index contributed by atoms with van der Waals surface area (Å²) in [5, 5.41) is 0. The smallest absolute Gasteiger partial charge is 0.330 e. The van der Waals surface area contributed by atoms with E-state index >= 15 is 0 Å². The van der Waals surface area contributed by atoms with E-state index in [0.717, 1.165) is 23.3 Å². The molecule has 5 fully saturated rings. The molecule has 6 rings (SSSR count). The van der Waals surface area contributed by atoms with E-state index in [-0.39, 0.29) is 11.4 Å². The van der Waals surface area contributed by atoms with Gasteiger partial charge in [0.05, 0.1) is 6.61 Å². The third-order valence-corrected chi connectivity index (χ3v) is 8.72. The first-order valence-electron chi connectivity index (χ1n) is 12.0. The number of carbonyl (C=O) groups is 1. The fourth-order valence-electron chi connectivity index (χ4n) is 7.36. The molecule has 5 aliphatic rings. The summed E-state index contributed by atoms with van der Waals surface area (Å²) in [4.78, 5) is 11.6. The quantitative estimate of drug-likeness (QED) is 0.307. The molecule has 1 aromatic rings. The number of hydrogen-bond donors (Lipinski definition) is 0. The first-order valence-corrected chi connectivity index (χ1v) is 12.0. The minimum atomic E-state index is -0.251. The van der Waals surface area contributed by atoms with Crippen molar-refractivity contribution in [2.24, 2.45) is 23.7 Å². The molecular weight excluding hydrogens is 368 g/mol. The summed E-state index contributed by atoms with van der Waals surface area (Å²) in [5.41, 5.74) is 4.78. The molecule has 160 valence electrons. The molecule has 2 heteroatoms. The van der Waals surface area contributed by atoms with Crippen LogP contribution in [0.1, 0.15) is 76.8 Å². The van der Waals surface area contributed by atoms with Gasteiger partial charge < -0.3 is 4.74 Å². The van der Waals surface area contributed by atoms with Crippen molar-refractivity contribution < 1.29 is 9.53 Å². The monoisotopic (exact) mass is 404 g/mol. The molecule has 0 aromatic heterocycles. The lowest BCUT2D eigenvalue weighted by molar-refractivity contribution is -0.137. The Morgan fingerprint density at radius 3 is 2.13 bits per heavy atom. The number of carbonyl (C=O) groups excluding carboxylic acids is 1. The number of allylic oxidation sites excluding steroid dienone is 3. The van der Waals surface area contributed by atoms with Crippen LogP contribution in [-0.2, 0) is 20.4 Å². The van der Waals surface area contributed by atoms with Gasteiger partial charge in [-0.2, -0.15) is 0 Å². The molecule has 2 atom stereocenters. The number of hydrogen-bond acceptors (Lipinski definition) is 2.